The maximum Gasteiger partial charge on any atom is 0.331 e. The van der Waals surface area contributed by atoms with Crippen LogP contribution in [0.5, 0.6) is 11.5 Å². The maximum absolute atomic E-state index is 12.0. The lowest BCUT2D eigenvalue weighted by molar-refractivity contribution is -0.144. The standard InChI is InChI=1S/C21H22ClNO5/c1-14(15-4-8-17(22)9-5-15)23-20(24)13-28-21(25)11-7-16-6-10-18(26-2)12-19(16)27-3/h4-12,14H,13H2,1-3H3,(H,23,24)/b11-7+/t14-/m0/s1. The highest BCUT2D eigenvalue weighted by Gasteiger charge is 2.11. The molecule has 2 aromatic carbocycles. The van der Waals surface area contributed by atoms with E-state index in [4.69, 9.17) is 25.8 Å². The molecule has 148 valence electrons. The Morgan fingerprint density at radius 3 is 2.46 bits per heavy atom. The number of halogens is 1. The van der Waals surface area contributed by atoms with Crippen molar-refractivity contribution in [2.45, 2.75) is 13.0 Å². The summed E-state index contributed by atoms with van der Waals surface area (Å²) in [6, 6.07) is 12.1. The average molecular weight is 404 g/mol. The molecule has 6 nitrogen and oxygen atoms in total. The van der Waals surface area contributed by atoms with Crippen molar-refractivity contribution in [3.8, 4) is 11.5 Å². The van der Waals surface area contributed by atoms with Gasteiger partial charge in [0, 0.05) is 22.7 Å². The van der Waals surface area contributed by atoms with Crippen molar-refractivity contribution in [2.24, 2.45) is 0 Å². The molecule has 28 heavy (non-hydrogen) atoms. The smallest absolute Gasteiger partial charge is 0.331 e. The molecule has 0 aromatic heterocycles. The van der Waals surface area contributed by atoms with E-state index in [2.05, 4.69) is 5.32 Å². The van der Waals surface area contributed by atoms with E-state index in [1.54, 1.807) is 43.5 Å². The molecule has 0 aliphatic rings. The summed E-state index contributed by atoms with van der Waals surface area (Å²) < 4.78 is 15.4. The minimum atomic E-state index is -0.632. The van der Waals surface area contributed by atoms with Crippen LogP contribution in [0, 0.1) is 0 Å². The molecule has 7 heteroatoms. The highest BCUT2D eigenvalue weighted by molar-refractivity contribution is 6.30. The van der Waals surface area contributed by atoms with Crippen LogP contribution >= 0.6 is 11.6 Å². The Morgan fingerprint density at radius 1 is 1.11 bits per heavy atom. The lowest BCUT2D eigenvalue weighted by Crippen LogP contribution is -2.30. The van der Waals surface area contributed by atoms with Gasteiger partial charge >= 0.3 is 5.97 Å². The van der Waals surface area contributed by atoms with Gasteiger partial charge in [0.1, 0.15) is 11.5 Å². The Balaban J connectivity index is 1.85. The number of rotatable bonds is 8. The highest BCUT2D eigenvalue weighted by Crippen LogP contribution is 2.25. The molecule has 0 spiro atoms. The van der Waals surface area contributed by atoms with Crippen molar-refractivity contribution in [1.82, 2.24) is 5.32 Å². The number of esters is 1. The Hall–Kier alpha value is -2.99. The molecule has 1 amide bonds. The van der Waals surface area contributed by atoms with Crippen molar-refractivity contribution in [3.63, 3.8) is 0 Å². The molecular weight excluding hydrogens is 382 g/mol. The predicted molar refractivity (Wildman–Crippen MR) is 108 cm³/mol. The molecule has 0 saturated heterocycles. The lowest BCUT2D eigenvalue weighted by atomic mass is 10.1. The van der Waals surface area contributed by atoms with Crippen LogP contribution in [0.2, 0.25) is 5.02 Å². The van der Waals surface area contributed by atoms with Gasteiger partial charge in [0.2, 0.25) is 0 Å². The molecule has 0 heterocycles. The van der Waals surface area contributed by atoms with Gasteiger partial charge in [-0.25, -0.2) is 4.79 Å². The van der Waals surface area contributed by atoms with Crippen LogP contribution in [0.1, 0.15) is 24.1 Å². The number of amides is 1. The van der Waals surface area contributed by atoms with Crippen molar-refractivity contribution < 1.29 is 23.8 Å². The predicted octanol–water partition coefficient (Wildman–Crippen LogP) is 3.79. The first-order chi connectivity index (χ1) is 13.4. The second kappa shape index (κ2) is 10.4. The van der Waals surface area contributed by atoms with Crippen molar-refractivity contribution >= 4 is 29.6 Å². The Bertz CT molecular complexity index is 848. The molecule has 0 aliphatic heterocycles. The largest absolute Gasteiger partial charge is 0.497 e. The summed E-state index contributed by atoms with van der Waals surface area (Å²) in [7, 11) is 3.08. The Kier molecular flexibility index (Phi) is 7.89. The summed E-state index contributed by atoms with van der Waals surface area (Å²) in [4.78, 5) is 23.8. The number of ether oxygens (including phenoxy) is 3. The third-order valence-electron chi connectivity index (χ3n) is 3.93. The fourth-order valence-electron chi connectivity index (χ4n) is 2.42. The number of benzene rings is 2. The molecule has 0 saturated carbocycles. The van der Waals surface area contributed by atoms with Gasteiger partial charge < -0.3 is 19.5 Å². The summed E-state index contributed by atoms with van der Waals surface area (Å²) in [5.41, 5.74) is 1.58. The Labute approximate surface area is 169 Å². The third-order valence-corrected chi connectivity index (χ3v) is 4.18. The number of methoxy groups -OCH3 is 2. The zero-order valence-corrected chi connectivity index (χ0v) is 16.7. The monoisotopic (exact) mass is 403 g/mol. The topological polar surface area (TPSA) is 73.9 Å². The first-order valence-electron chi connectivity index (χ1n) is 8.54. The molecule has 2 rings (SSSR count). The van der Waals surface area contributed by atoms with Gasteiger partial charge in [-0.2, -0.15) is 0 Å². The third kappa shape index (κ3) is 6.32. The zero-order chi connectivity index (χ0) is 20.5. The fourth-order valence-corrected chi connectivity index (χ4v) is 2.54. The first-order valence-corrected chi connectivity index (χ1v) is 8.92. The van der Waals surface area contributed by atoms with E-state index in [-0.39, 0.29) is 12.6 Å². The summed E-state index contributed by atoms with van der Waals surface area (Å²) in [6.45, 7) is 1.46. The van der Waals surface area contributed by atoms with Crippen LogP contribution in [0.3, 0.4) is 0 Å². The number of hydrogen-bond donors (Lipinski definition) is 1. The summed E-state index contributed by atoms with van der Waals surface area (Å²) in [6.07, 6.45) is 2.79. The minimum Gasteiger partial charge on any atom is -0.497 e. The molecule has 0 bridgehead atoms. The lowest BCUT2D eigenvalue weighted by Gasteiger charge is -2.14. The summed E-state index contributed by atoms with van der Waals surface area (Å²) in [5.74, 6) is 0.166. The van der Waals surface area contributed by atoms with Crippen LogP contribution in [0.15, 0.2) is 48.5 Å². The average Bonchev–Trinajstić information content (AvgIpc) is 2.70. The van der Waals surface area contributed by atoms with E-state index in [1.165, 1.54) is 13.2 Å². The number of nitrogens with one attached hydrogen (secondary N) is 1. The second-order valence-electron chi connectivity index (χ2n) is 5.89. The van der Waals surface area contributed by atoms with E-state index in [9.17, 15) is 9.59 Å². The minimum absolute atomic E-state index is 0.234. The molecule has 2 aromatic rings. The van der Waals surface area contributed by atoms with Gasteiger partial charge in [-0.1, -0.05) is 23.7 Å². The fraction of sp³-hybridized carbons (Fsp3) is 0.238. The molecule has 1 N–H and O–H groups in total. The van der Waals surface area contributed by atoms with Gasteiger partial charge in [0.15, 0.2) is 6.61 Å². The van der Waals surface area contributed by atoms with Crippen LogP contribution < -0.4 is 14.8 Å². The highest BCUT2D eigenvalue weighted by atomic mass is 35.5. The molecule has 0 radical (unpaired) electrons. The van der Waals surface area contributed by atoms with Crippen LogP contribution in [-0.4, -0.2) is 32.7 Å². The quantitative estimate of drug-likeness (QED) is 0.536. The maximum atomic E-state index is 12.0. The van der Waals surface area contributed by atoms with Crippen molar-refractivity contribution in [3.05, 3.63) is 64.7 Å². The van der Waals surface area contributed by atoms with Crippen LogP contribution in [0.25, 0.3) is 6.08 Å². The van der Waals surface area contributed by atoms with E-state index in [1.807, 2.05) is 19.1 Å². The second-order valence-corrected chi connectivity index (χ2v) is 6.33. The Morgan fingerprint density at radius 2 is 1.82 bits per heavy atom. The van der Waals surface area contributed by atoms with Gasteiger partial charge in [-0.15, -0.1) is 0 Å². The molecule has 0 aliphatic carbocycles. The van der Waals surface area contributed by atoms with Crippen LogP contribution in [-0.2, 0) is 14.3 Å². The van der Waals surface area contributed by atoms with Crippen molar-refractivity contribution in [1.29, 1.82) is 0 Å². The normalized spacial score (nSPS) is 11.7. The SMILES string of the molecule is COc1ccc(/C=C/C(=O)OCC(=O)N[C@@H](C)c2ccc(Cl)cc2)c(OC)c1. The molecule has 1 atom stereocenters. The molecular formula is C21H22ClNO5. The number of carbonyl (C=O) groups excluding carboxylic acids is 2. The molecule has 0 unspecified atom stereocenters. The van der Waals surface area contributed by atoms with E-state index in [0.717, 1.165) is 5.56 Å². The van der Waals surface area contributed by atoms with Gasteiger partial charge in [-0.05, 0) is 42.8 Å². The van der Waals surface area contributed by atoms with Gasteiger partial charge in [-0.3, -0.25) is 4.79 Å². The van der Waals surface area contributed by atoms with Gasteiger partial charge in [0.25, 0.3) is 5.91 Å². The van der Waals surface area contributed by atoms with Gasteiger partial charge in [0.05, 0.1) is 20.3 Å². The van der Waals surface area contributed by atoms with E-state index >= 15 is 0 Å². The first kappa shape index (κ1) is 21.3. The summed E-state index contributed by atoms with van der Waals surface area (Å²) in [5, 5.41) is 3.38. The summed E-state index contributed by atoms with van der Waals surface area (Å²) >= 11 is 5.85. The van der Waals surface area contributed by atoms with E-state index < -0.39 is 11.9 Å². The number of hydrogen-bond acceptors (Lipinski definition) is 5. The van der Waals surface area contributed by atoms with E-state index in [0.29, 0.717) is 22.1 Å². The molecule has 0 fully saturated rings. The number of carbonyl (C=O) groups is 2. The van der Waals surface area contributed by atoms with Crippen LogP contribution in [0.4, 0.5) is 0 Å². The van der Waals surface area contributed by atoms with Crippen molar-refractivity contribution in [2.75, 3.05) is 20.8 Å². The zero-order valence-electron chi connectivity index (χ0n) is 15.9.